The molecule has 6 nitrogen and oxygen atoms in total. The Balaban J connectivity index is 2.08. The first kappa shape index (κ1) is 16.0. The normalized spacial score (nSPS) is 18.7. The Kier molecular flexibility index (Phi) is 4.37. The molecule has 1 fully saturated rings. The standard InChI is InChI=1S/C17H22N2O4/c1-3-23-16(20)13-11-15(19-14(13)5-4-8-18-19)17(2,21)12-6-9-22-10-7-12/h4-5,8,11-12,21H,3,6-7,9-10H2,1-2H3. The quantitative estimate of drug-likeness (QED) is 0.874. The first-order valence-electron chi connectivity index (χ1n) is 8.00. The molecule has 6 heteroatoms. The molecule has 0 saturated carbocycles. The van der Waals surface area contributed by atoms with Crippen LogP contribution in [0.2, 0.25) is 0 Å². The van der Waals surface area contributed by atoms with Crippen molar-refractivity contribution in [3.8, 4) is 0 Å². The molecule has 2 aromatic rings. The molecule has 1 saturated heterocycles. The lowest BCUT2D eigenvalue weighted by molar-refractivity contribution is -0.0615. The highest BCUT2D eigenvalue weighted by molar-refractivity contribution is 5.97. The maximum absolute atomic E-state index is 12.2. The Morgan fingerprint density at radius 1 is 1.52 bits per heavy atom. The number of rotatable bonds is 4. The van der Waals surface area contributed by atoms with E-state index in [1.165, 1.54) is 0 Å². The number of carbonyl (C=O) groups is 1. The molecule has 0 aliphatic carbocycles. The fourth-order valence-corrected chi connectivity index (χ4v) is 3.24. The van der Waals surface area contributed by atoms with Gasteiger partial charge >= 0.3 is 5.97 Å². The lowest BCUT2D eigenvalue weighted by atomic mass is 9.81. The van der Waals surface area contributed by atoms with Crippen molar-refractivity contribution < 1.29 is 19.4 Å². The minimum atomic E-state index is -1.09. The molecule has 0 spiro atoms. The van der Waals surface area contributed by atoms with Gasteiger partial charge in [0.15, 0.2) is 0 Å². The lowest BCUT2D eigenvalue weighted by Gasteiger charge is -2.35. The Labute approximate surface area is 135 Å². The van der Waals surface area contributed by atoms with Gasteiger partial charge in [-0.1, -0.05) is 0 Å². The summed E-state index contributed by atoms with van der Waals surface area (Å²) in [7, 11) is 0. The predicted octanol–water partition coefficient (Wildman–Crippen LogP) is 2.15. The van der Waals surface area contributed by atoms with Gasteiger partial charge in [-0.2, -0.15) is 5.10 Å². The largest absolute Gasteiger partial charge is 0.462 e. The first-order valence-corrected chi connectivity index (χ1v) is 8.00. The summed E-state index contributed by atoms with van der Waals surface area (Å²) in [6.45, 7) is 5.15. The second-order valence-electron chi connectivity index (χ2n) is 6.02. The van der Waals surface area contributed by atoms with Gasteiger partial charge in [-0.05, 0) is 50.8 Å². The molecule has 0 amide bonds. The minimum absolute atomic E-state index is 0.0615. The maximum Gasteiger partial charge on any atom is 0.340 e. The number of hydrogen-bond acceptors (Lipinski definition) is 5. The van der Waals surface area contributed by atoms with E-state index in [1.54, 1.807) is 36.7 Å². The smallest absolute Gasteiger partial charge is 0.340 e. The molecule has 2 aromatic heterocycles. The molecule has 1 atom stereocenters. The molecular formula is C17H22N2O4. The van der Waals surface area contributed by atoms with Crippen molar-refractivity contribution in [1.29, 1.82) is 0 Å². The summed E-state index contributed by atoms with van der Waals surface area (Å²) in [6, 6.07) is 5.28. The van der Waals surface area contributed by atoms with Crippen LogP contribution in [0.1, 0.15) is 42.7 Å². The van der Waals surface area contributed by atoms with E-state index in [0.29, 0.717) is 36.6 Å². The summed E-state index contributed by atoms with van der Waals surface area (Å²) < 4.78 is 12.2. The number of carbonyl (C=O) groups excluding carboxylic acids is 1. The molecule has 1 unspecified atom stereocenters. The Morgan fingerprint density at radius 3 is 2.96 bits per heavy atom. The average Bonchev–Trinajstić information content (AvgIpc) is 2.96. The van der Waals surface area contributed by atoms with Crippen LogP contribution in [0.3, 0.4) is 0 Å². The van der Waals surface area contributed by atoms with E-state index in [9.17, 15) is 9.90 Å². The monoisotopic (exact) mass is 318 g/mol. The Bertz CT molecular complexity index is 702. The second-order valence-corrected chi connectivity index (χ2v) is 6.02. The van der Waals surface area contributed by atoms with Gasteiger partial charge < -0.3 is 14.6 Å². The first-order chi connectivity index (χ1) is 11.1. The van der Waals surface area contributed by atoms with Gasteiger partial charge in [0.05, 0.1) is 23.4 Å². The van der Waals surface area contributed by atoms with Crippen LogP contribution in [0.15, 0.2) is 24.4 Å². The third-order valence-electron chi connectivity index (χ3n) is 4.57. The third kappa shape index (κ3) is 2.84. The highest BCUT2D eigenvalue weighted by Gasteiger charge is 2.38. The Hall–Kier alpha value is -1.92. The van der Waals surface area contributed by atoms with Crippen LogP contribution < -0.4 is 0 Å². The van der Waals surface area contributed by atoms with E-state index in [2.05, 4.69) is 5.10 Å². The average molecular weight is 318 g/mol. The molecule has 124 valence electrons. The number of ether oxygens (including phenoxy) is 2. The molecule has 3 heterocycles. The van der Waals surface area contributed by atoms with Gasteiger partial charge in [-0.3, -0.25) is 0 Å². The number of hydrogen-bond donors (Lipinski definition) is 1. The fourth-order valence-electron chi connectivity index (χ4n) is 3.24. The van der Waals surface area contributed by atoms with E-state index < -0.39 is 11.6 Å². The van der Waals surface area contributed by atoms with E-state index >= 15 is 0 Å². The zero-order chi connectivity index (χ0) is 16.4. The summed E-state index contributed by atoms with van der Waals surface area (Å²) in [5.41, 5.74) is 0.602. The van der Waals surface area contributed by atoms with Crippen LogP contribution in [0.25, 0.3) is 5.52 Å². The van der Waals surface area contributed by atoms with Crippen molar-refractivity contribution in [3.63, 3.8) is 0 Å². The van der Waals surface area contributed by atoms with Crippen LogP contribution in [-0.4, -0.2) is 40.5 Å². The highest BCUT2D eigenvalue weighted by atomic mass is 16.5. The summed E-state index contributed by atoms with van der Waals surface area (Å²) in [4.78, 5) is 12.2. The number of nitrogens with zero attached hydrogens (tertiary/aromatic N) is 2. The van der Waals surface area contributed by atoms with Crippen molar-refractivity contribution in [2.75, 3.05) is 19.8 Å². The molecule has 1 aliphatic heterocycles. The number of aliphatic hydroxyl groups is 1. The molecular weight excluding hydrogens is 296 g/mol. The van der Waals surface area contributed by atoms with E-state index in [-0.39, 0.29) is 5.92 Å². The van der Waals surface area contributed by atoms with Gasteiger partial charge in [0.2, 0.25) is 0 Å². The van der Waals surface area contributed by atoms with Gasteiger partial charge in [0.25, 0.3) is 0 Å². The van der Waals surface area contributed by atoms with Crippen LogP contribution in [-0.2, 0) is 15.1 Å². The van der Waals surface area contributed by atoms with Crippen molar-refractivity contribution >= 4 is 11.5 Å². The number of esters is 1. The minimum Gasteiger partial charge on any atom is -0.462 e. The summed E-state index contributed by atoms with van der Waals surface area (Å²) in [6.07, 6.45) is 3.20. The lowest BCUT2D eigenvalue weighted by Crippen LogP contribution is -2.37. The van der Waals surface area contributed by atoms with E-state index in [1.807, 2.05) is 6.07 Å². The highest BCUT2D eigenvalue weighted by Crippen LogP contribution is 2.37. The SMILES string of the molecule is CCOC(=O)c1cc(C(C)(O)C2CCOCC2)n2ncccc12. The topological polar surface area (TPSA) is 73.1 Å². The van der Waals surface area contributed by atoms with Gasteiger partial charge in [0, 0.05) is 19.4 Å². The molecule has 0 bridgehead atoms. The number of fused-ring (bicyclic) bond motifs is 1. The Morgan fingerprint density at radius 2 is 2.26 bits per heavy atom. The van der Waals surface area contributed by atoms with E-state index in [4.69, 9.17) is 9.47 Å². The van der Waals surface area contributed by atoms with Crippen molar-refractivity contribution in [2.24, 2.45) is 5.92 Å². The maximum atomic E-state index is 12.2. The van der Waals surface area contributed by atoms with Crippen molar-refractivity contribution in [2.45, 2.75) is 32.3 Å². The predicted molar refractivity (Wildman–Crippen MR) is 84.3 cm³/mol. The zero-order valence-corrected chi connectivity index (χ0v) is 13.5. The second kappa shape index (κ2) is 6.29. The van der Waals surface area contributed by atoms with Crippen molar-refractivity contribution in [1.82, 2.24) is 9.61 Å². The van der Waals surface area contributed by atoms with Gasteiger partial charge in [0.1, 0.15) is 5.60 Å². The van der Waals surface area contributed by atoms with Crippen LogP contribution in [0.4, 0.5) is 0 Å². The summed E-state index contributed by atoms with van der Waals surface area (Å²) in [5, 5.41) is 15.5. The van der Waals surface area contributed by atoms with Crippen molar-refractivity contribution in [3.05, 3.63) is 35.7 Å². The molecule has 1 aliphatic rings. The van der Waals surface area contributed by atoms with Crippen LogP contribution in [0.5, 0.6) is 0 Å². The fraction of sp³-hybridized carbons (Fsp3) is 0.529. The van der Waals surface area contributed by atoms with Gasteiger partial charge in [-0.25, -0.2) is 9.31 Å². The molecule has 1 N–H and O–H groups in total. The summed E-state index contributed by atoms with van der Waals surface area (Å²) in [5.74, 6) is -0.335. The molecule has 0 aromatic carbocycles. The molecule has 0 radical (unpaired) electrons. The molecule has 23 heavy (non-hydrogen) atoms. The van der Waals surface area contributed by atoms with Gasteiger partial charge in [-0.15, -0.1) is 0 Å². The zero-order valence-electron chi connectivity index (χ0n) is 13.5. The van der Waals surface area contributed by atoms with Crippen LogP contribution >= 0.6 is 0 Å². The number of aromatic nitrogens is 2. The van der Waals surface area contributed by atoms with Crippen LogP contribution in [0, 0.1) is 5.92 Å². The molecule has 3 rings (SSSR count). The third-order valence-corrected chi connectivity index (χ3v) is 4.57. The van der Waals surface area contributed by atoms with E-state index in [0.717, 1.165) is 12.8 Å². The summed E-state index contributed by atoms with van der Waals surface area (Å²) >= 11 is 0.